The van der Waals surface area contributed by atoms with Crippen LogP contribution < -0.4 is 5.73 Å². The lowest BCUT2D eigenvalue weighted by Gasteiger charge is -1.98. The standard InChI is InChI=1S/C10H13ClN4/c1-15-8(2-4-12)14-9(10(15)11)7-3-5-13-6-7/h3,5-6,13H,2,4,12H2,1H3. The van der Waals surface area contributed by atoms with Crippen molar-refractivity contribution in [2.24, 2.45) is 12.8 Å². The minimum atomic E-state index is 0.577. The summed E-state index contributed by atoms with van der Waals surface area (Å²) in [6, 6.07) is 1.94. The van der Waals surface area contributed by atoms with Gasteiger partial charge < -0.3 is 15.3 Å². The number of rotatable bonds is 3. The van der Waals surface area contributed by atoms with Gasteiger partial charge in [0.15, 0.2) is 0 Å². The zero-order valence-corrected chi connectivity index (χ0v) is 9.25. The van der Waals surface area contributed by atoms with Crippen molar-refractivity contribution in [3.05, 3.63) is 29.4 Å². The monoisotopic (exact) mass is 224 g/mol. The minimum absolute atomic E-state index is 0.577. The molecule has 0 aliphatic heterocycles. The second-order valence-corrected chi connectivity index (χ2v) is 3.72. The Morgan fingerprint density at radius 2 is 2.40 bits per heavy atom. The highest BCUT2D eigenvalue weighted by molar-refractivity contribution is 6.32. The molecule has 0 amide bonds. The van der Waals surface area contributed by atoms with Crippen LogP contribution in [0.5, 0.6) is 0 Å². The molecule has 2 aromatic heterocycles. The third-order valence-corrected chi connectivity index (χ3v) is 2.79. The minimum Gasteiger partial charge on any atom is -0.367 e. The van der Waals surface area contributed by atoms with E-state index < -0.39 is 0 Å². The molecule has 0 saturated carbocycles. The Labute approximate surface area is 93.1 Å². The molecule has 15 heavy (non-hydrogen) atoms. The van der Waals surface area contributed by atoms with Gasteiger partial charge in [-0.15, -0.1) is 0 Å². The lowest BCUT2D eigenvalue weighted by atomic mass is 10.3. The fourth-order valence-corrected chi connectivity index (χ4v) is 1.78. The molecular formula is C10H13ClN4. The normalized spacial score (nSPS) is 10.9. The average Bonchev–Trinajstić information content (AvgIpc) is 2.82. The fourth-order valence-electron chi connectivity index (χ4n) is 1.53. The number of nitrogens with one attached hydrogen (secondary N) is 1. The van der Waals surface area contributed by atoms with Crippen molar-refractivity contribution < 1.29 is 0 Å². The molecule has 3 N–H and O–H groups in total. The topological polar surface area (TPSA) is 59.6 Å². The van der Waals surface area contributed by atoms with Gasteiger partial charge in [-0.3, -0.25) is 0 Å². The Morgan fingerprint density at radius 3 is 3.00 bits per heavy atom. The van der Waals surface area contributed by atoms with Crippen LogP contribution in [0.4, 0.5) is 0 Å². The van der Waals surface area contributed by atoms with E-state index >= 15 is 0 Å². The summed E-state index contributed by atoms with van der Waals surface area (Å²) in [7, 11) is 1.90. The predicted octanol–water partition coefficient (Wildman–Crippen LogP) is 1.57. The van der Waals surface area contributed by atoms with E-state index in [0.717, 1.165) is 23.5 Å². The Bertz CT molecular complexity index is 444. The SMILES string of the molecule is Cn1c(CCN)nc(-c2cc[nH]c2)c1Cl. The molecule has 80 valence electrons. The molecule has 4 nitrogen and oxygen atoms in total. The zero-order chi connectivity index (χ0) is 10.8. The van der Waals surface area contributed by atoms with Crippen molar-refractivity contribution >= 4 is 11.6 Å². The van der Waals surface area contributed by atoms with Crippen LogP contribution in [0, 0.1) is 0 Å². The van der Waals surface area contributed by atoms with Gasteiger partial charge in [0.2, 0.25) is 0 Å². The van der Waals surface area contributed by atoms with E-state index in [1.54, 1.807) is 0 Å². The Kier molecular flexibility index (Phi) is 2.79. The fraction of sp³-hybridized carbons (Fsp3) is 0.300. The number of hydrogen-bond donors (Lipinski definition) is 2. The third kappa shape index (κ3) is 1.78. The molecule has 2 rings (SSSR count). The van der Waals surface area contributed by atoms with Gasteiger partial charge in [0, 0.05) is 31.4 Å². The molecular weight excluding hydrogens is 212 g/mol. The molecule has 5 heteroatoms. The van der Waals surface area contributed by atoms with Gasteiger partial charge in [-0.2, -0.15) is 0 Å². The lowest BCUT2D eigenvalue weighted by molar-refractivity contribution is 0.778. The second kappa shape index (κ2) is 4.08. The summed E-state index contributed by atoms with van der Waals surface area (Å²) >= 11 is 6.19. The number of aromatic amines is 1. The molecule has 0 spiro atoms. The Hall–Kier alpha value is -1.26. The molecule has 0 fully saturated rings. The maximum atomic E-state index is 6.19. The number of hydrogen-bond acceptors (Lipinski definition) is 2. The summed E-state index contributed by atoms with van der Waals surface area (Å²) in [5.41, 5.74) is 7.31. The molecule has 0 aliphatic rings. The number of imidazole rings is 1. The van der Waals surface area contributed by atoms with Crippen molar-refractivity contribution in [3.63, 3.8) is 0 Å². The van der Waals surface area contributed by atoms with E-state index in [4.69, 9.17) is 17.3 Å². The maximum absolute atomic E-state index is 6.19. The molecule has 0 bridgehead atoms. The number of nitrogens with zero attached hydrogens (tertiary/aromatic N) is 2. The summed E-state index contributed by atoms with van der Waals surface area (Å²) in [5.74, 6) is 0.915. The highest BCUT2D eigenvalue weighted by Gasteiger charge is 2.13. The first-order valence-corrected chi connectivity index (χ1v) is 5.16. The summed E-state index contributed by atoms with van der Waals surface area (Å²) < 4.78 is 1.87. The van der Waals surface area contributed by atoms with Crippen molar-refractivity contribution in [1.82, 2.24) is 14.5 Å². The first-order chi connectivity index (χ1) is 7.24. The van der Waals surface area contributed by atoms with E-state index in [9.17, 15) is 0 Å². The highest BCUT2D eigenvalue weighted by Crippen LogP contribution is 2.27. The van der Waals surface area contributed by atoms with Gasteiger partial charge in [-0.1, -0.05) is 11.6 Å². The maximum Gasteiger partial charge on any atom is 0.136 e. The quantitative estimate of drug-likeness (QED) is 0.832. The van der Waals surface area contributed by atoms with E-state index in [1.165, 1.54) is 0 Å². The van der Waals surface area contributed by atoms with Crippen LogP contribution in [-0.2, 0) is 13.5 Å². The molecule has 0 atom stereocenters. The summed E-state index contributed by atoms with van der Waals surface area (Å²) in [6.07, 6.45) is 4.46. The number of H-pyrrole nitrogens is 1. The van der Waals surface area contributed by atoms with Crippen LogP contribution in [0.25, 0.3) is 11.3 Å². The smallest absolute Gasteiger partial charge is 0.136 e. The third-order valence-electron chi connectivity index (χ3n) is 2.36. The first kappa shape index (κ1) is 10.3. The van der Waals surface area contributed by atoms with Crippen LogP contribution in [0.1, 0.15) is 5.82 Å². The van der Waals surface area contributed by atoms with Crippen molar-refractivity contribution in [2.75, 3.05) is 6.54 Å². The summed E-state index contributed by atoms with van der Waals surface area (Å²) in [6.45, 7) is 0.577. The zero-order valence-electron chi connectivity index (χ0n) is 8.50. The lowest BCUT2D eigenvalue weighted by Crippen LogP contribution is -2.07. The van der Waals surface area contributed by atoms with Gasteiger partial charge in [-0.05, 0) is 12.6 Å². The molecule has 2 aromatic rings. The van der Waals surface area contributed by atoms with E-state index in [0.29, 0.717) is 11.7 Å². The predicted molar refractivity (Wildman–Crippen MR) is 60.8 cm³/mol. The van der Waals surface area contributed by atoms with Gasteiger partial charge >= 0.3 is 0 Å². The summed E-state index contributed by atoms with van der Waals surface area (Å²) in [4.78, 5) is 7.46. The largest absolute Gasteiger partial charge is 0.367 e. The number of nitrogens with two attached hydrogens (primary N) is 1. The van der Waals surface area contributed by atoms with Crippen LogP contribution >= 0.6 is 11.6 Å². The second-order valence-electron chi connectivity index (χ2n) is 3.36. The van der Waals surface area contributed by atoms with E-state index in [1.807, 2.05) is 30.1 Å². The van der Waals surface area contributed by atoms with Crippen LogP contribution in [0.15, 0.2) is 18.5 Å². The first-order valence-electron chi connectivity index (χ1n) is 4.78. The van der Waals surface area contributed by atoms with Crippen LogP contribution in [0.3, 0.4) is 0 Å². The van der Waals surface area contributed by atoms with Crippen molar-refractivity contribution in [1.29, 1.82) is 0 Å². The Balaban J connectivity index is 2.45. The molecule has 0 aliphatic carbocycles. The average molecular weight is 225 g/mol. The molecule has 0 aromatic carbocycles. The number of aromatic nitrogens is 3. The molecule has 0 saturated heterocycles. The van der Waals surface area contributed by atoms with Gasteiger partial charge in [0.1, 0.15) is 16.7 Å². The van der Waals surface area contributed by atoms with Crippen molar-refractivity contribution in [2.45, 2.75) is 6.42 Å². The molecule has 0 radical (unpaired) electrons. The van der Waals surface area contributed by atoms with E-state index in [2.05, 4.69) is 9.97 Å². The Morgan fingerprint density at radius 1 is 1.60 bits per heavy atom. The molecule has 2 heterocycles. The van der Waals surface area contributed by atoms with Crippen molar-refractivity contribution in [3.8, 4) is 11.3 Å². The number of halogens is 1. The van der Waals surface area contributed by atoms with Gasteiger partial charge in [0.05, 0.1) is 0 Å². The van der Waals surface area contributed by atoms with Crippen LogP contribution in [0.2, 0.25) is 5.15 Å². The highest BCUT2D eigenvalue weighted by atomic mass is 35.5. The van der Waals surface area contributed by atoms with Gasteiger partial charge in [-0.25, -0.2) is 4.98 Å². The van der Waals surface area contributed by atoms with Crippen LogP contribution in [-0.4, -0.2) is 21.1 Å². The summed E-state index contributed by atoms with van der Waals surface area (Å²) in [5, 5.41) is 0.651. The molecule has 0 unspecified atom stereocenters. The van der Waals surface area contributed by atoms with E-state index in [-0.39, 0.29) is 0 Å². The van der Waals surface area contributed by atoms with Gasteiger partial charge in [0.25, 0.3) is 0 Å².